The summed E-state index contributed by atoms with van der Waals surface area (Å²) in [5.74, 6) is 0. The topological polar surface area (TPSA) is 38.3 Å². The number of hydrogen-bond donors (Lipinski definition) is 1. The monoisotopic (exact) mass is 237 g/mol. The third-order valence-electron chi connectivity index (χ3n) is 1.30. The van der Waals surface area contributed by atoms with Crippen molar-refractivity contribution in [2.45, 2.75) is 6.92 Å². The normalized spacial score (nSPS) is 7.79. The molecule has 1 aromatic carbocycles. The molecule has 0 radical (unpaired) electrons. The molecule has 1 aromatic rings. The van der Waals surface area contributed by atoms with Crippen molar-refractivity contribution in [3.8, 4) is 0 Å². The number of benzene rings is 1. The molecule has 0 unspecified atom stereocenters. The minimum absolute atomic E-state index is 0. The summed E-state index contributed by atoms with van der Waals surface area (Å²) in [6.07, 6.45) is -0.413. The average molecular weight is 238 g/mol. The third-order valence-corrected chi connectivity index (χ3v) is 1.30. The van der Waals surface area contributed by atoms with Crippen molar-refractivity contribution in [2.24, 2.45) is 0 Å². The van der Waals surface area contributed by atoms with E-state index in [0.29, 0.717) is 6.61 Å². The predicted octanol–water partition coefficient (Wildman–Crippen LogP) is 3.10. The quantitative estimate of drug-likeness (QED) is 0.859. The second kappa shape index (κ2) is 8.66. The van der Waals surface area contributed by atoms with Crippen LogP contribution in [0.1, 0.15) is 6.92 Å². The number of nitrogens with one attached hydrogen (secondary N) is 1. The molecule has 0 spiro atoms. The van der Waals surface area contributed by atoms with Crippen LogP contribution in [0.15, 0.2) is 30.3 Å². The summed E-state index contributed by atoms with van der Waals surface area (Å²) in [5, 5.41) is 2.58. The zero-order valence-corrected chi connectivity index (χ0v) is 9.36. The van der Waals surface area contributed by atoms with Crippen molar-refractivity contribution in [1.29, 1.82) is 0 Å². The molecule has 0 aromatic heterocycles. The van der Waals surface area contributed by atoms with Gasteiger partial charge in [-0.2, -0.15) is 0 Å². The molecule has 0 heterocycles. The van der Waals surface area contributed by atoms with Gasteiger partial charge in [-0.05, 0) is 19.1 Å². The van der Waals surface area contributed by atoms with Crippen LogP contribution in [0.5, 0.6) is 0 Å². The fourth-order valence-corrected chi connectivity index (χ4v) is 0.807. The first-order chi connectivity index (χ1) is 5.83. The van der Waals surface area contributed by atoms with Crippen molar-refractivity contribution >= 4 is 36.6 Å². The second-order valence-corrected chi connectivity index (χ2v) is 2.21. The Labute approximate surface area is 95.7 Å². The van der Waals surface area contributed by atoms with E-state index in [0.717, 1.165) is 5.69 Å². The summed E-state index contributed by atoms with van der Waals surface area (Å²) in [6, 6.07) is 9.19. The Balaban J connectivity index is 0. The fourth-order valence-electron chi connectivity index (χ4n) is 0.807. The summed E-state index contributed by atoms with van der Waals surface area (Å²) in [4.78, 5) is 10.9. The Hall–Kier alpha value is -0.930. The van der Waals surface area contributed by atoms with Crippen LogP contribution in [-0.4, -0.2) is 12.7 Å². The molecule has 3 nitrogen and oxygen atoms in total. The zero-order valence-electron chi connectivity index (χ0n) is 7.73. The fraction of sp³-hybridized carbons (Fsp3) is 0.222. The van der Waals surface area contributed by atoms with Gasteiger partial charge in [-0.15, -0.1) is 24.8 Å². The van der Waals surface area contributed by atoms with Crippen molar-refractivity contribution < 1.29 is 9.53 Å². The van der Waals surface area contributed by atoms with Gasteiger partial charge in [-0.3, -0.25) is 5.32 Å². The van der Waals surface area contributed by atoms with Crippen LogP contribution in [0.25, 0.3) is 0 Å². The molecule has 1 N–H and O–H groups in total. The van der Waals surface area contributed by atoms with Gasteiger partial charge in [0.05, 0.1) is 6.61 Å². The summed E-state index contributed by atoms with van der Waals surface area (Å²) >= 11 is 0. The Morgan fingerprint density at radius 2 is 1.86 bits per heavy atom. The number of amides is 1. The number of carbonyl (C=O) groups excluding carboxylic acids is 1. The minimum atomic E-state index is -0.413. The summed E-state index contributed by atoms with van der Waals surface area (Å²) in [7, 11) is 0. The van der Waals surface area contributed by atoms with E-state index in [4.69, 9.17) is 4.74 Å². The van der Waals surface area contributed by atoms with E-state index in [1.54, 1.807) is 19.1 Å². The van der Waals surface area contributed by atoms with Gasteiger partial charge >= 0.3 is 6.09 Å². The number of ether oxygens (including phenoxy) is 1. The third kappa shape index (κ3) is 5.67. The highest BCUT2D eigenvalue weighted by atomic mass is 35.5. The molecule has 14 heavy (non-hydrogen) atoms. The Bertz CT molecular complexity index is 254. The SMILES string of the molecule is CCOC(=O)Nc1ccccc1.Cl.Cl. The lowest BCUT2D eigenvalue weighted by Crippen LogP contribution is -2.12. The molecular weight excluding hydrogens is 225 g/mol. The summed E-state index contributed by atoms with van der Waals surface area (Å²) < 4.78 is 4.70. The summed E-state index contributed by atoms with van der Waals surface area (Å²) in [5.41, 5.74) is 0.746. The molecule has 0 bridgehead atoms. The maximum Gasteiger partial charge on any atom is 0.411 e. The molecule has 0 aliphatic rings. The molecule has 0 saturated carbocycles. The van der Waals surface area contributed by atoms with E-state index in [1.165, 1.54) is 0 Å². The molecule has 5 heteroatoms. The molecule has 0 fully saturated rings. The molecule has 0 saturated heterocycles. The van der Waals surface area contributed by atoms with Gasteiger partial charge in [0.2, 0.25) is 0 Å². The first kappa shape index (κ1) is 15.5. The highest BCUT2D eigenvalue weighted by Crippen LogP contribution is 2.04. The van der Waals surface area contributed by atoms with Crippen molar-refractivity contribution in [3.63, 3.8) is 0 Å². The number of anilines is 1. The first-order valence-corrected chi connectivity index (χ1v) is 3.81. The zero-order chi connectivity index (χ0) is 8.81. The van der Waals surface area contributed by atoms with Gasteiger partial charge in [0.25, 0.3) is 0 Å². The molecule has 80 valence electrons. The maximum absolute atomic E-state index is 10.9. The highest BCUT2D eigenvalue weighted by Gasteiger charge is 1.98. The lowest BCUT2D eigenvalue weighted by atomic mass is 10.3. The largest absolute Gasteiger partial charge is 0.450 e. The van der Waals surface area contributed by atoms with Gasteiger partial charge in [0.1, 0.15) is 0 Å². The van der Waals surface area contributed by atoms with E-state index in [-0.39, 0.29) is 24.8 Å². The van der Waals surface area contributed by atoms with Crippen LogP contribution in [0, 0.1) is 0 Å². The van der Waals surface area contributed by atoms with E-state index >= 15 is 0 Å². The number of hydrogen-bond acceptors (Lipinski definition) is 2. The van der Waals surface area contributed by atoms with Crippen LogP contribution >= 0.6 is 24.8 Å². The van der Waals surface area contributed by atoms with Crippen molar-refractivity contribution in [1.82, 2.24) is 0 Å². The molecule has 0 atom stereocenters. The van der Waals surface area contributed by atoms with Crippen molar-refractivity contribution in [3.05, 3.63) is 30.3 Å². The smallest absolute Gasteiger partial charge is 0.411 e. The van der Waals surface area contributed by atoms with Gasteiger partial charge in [0.15, 0.2) is 0 Å². The Kier molecular flexibility index (Phi) is 9.61. The number of rotatable bonds is 2. The molecule has 1 rings (SSSR count). The van der Waals surface area contributed by atoms with Crippen LogP contribution in [0.3, 0.4) is 0 Å². The van der Waals surface area contributed by atoms with E-state index in [2.05, 4.69) is 5.32 Å². The van der Waals surface area contributed by atoms with E-state index < -0.39 is 6.09 Å². The van der Waals surface area contributed by atoms with E-state index in [9.17, 15) is 4.79 Å². The van der Waals surface area contributed by atoms with Crippen LogP contribution in [0.4, 0.5) is 10.5 Å². The van der Waals surface area contributed by atoms with Crippen molar-refractivity contribution in [2.75, 3.05) is 11.9 Å². The average Bonchev–Trinajstić information content (AvgIpc) is 2.06. The Morgan fingerprint density at radius 3 is 2.36 bits per heavy atom. The summed E-state index contributed by atoms with van der Waals surface area (Å²) in [6.45, 7) is 2.16. The predicted molar refractivity (Wildman–Crippen MR) is 61.6 cm³/mol. The maximum atomic E-state index is 10.9. The molecular formula is C9H13Cl2NO2. The van der Waals surface area contributed by atoms with Gasteiger partial charge in [-0.25, -0.2) is 4.79 Å². The number of carbonyl (C=O) groups is 1. The standard InChI is InChI=1S/C9H11NO2.2ClH/c1-2-12-9(11)10-8-6-4-3-5-7-8;;/h3-7H,2H2,1H3,(H,10,11);2*1H. The molecule has 0 aliphatic carbocycles. The number of halogens is 2. The lowest BCUT2D eigenvalue weighted by molar-refractivity contribution is 0.168. The van der Waals surface area contributed by atoms with Crippen LogP contribution < -0.4 is 5.32 Å². The highest BCUT2D eigenvalue weighted by molar-refractivity contribution is 5.85. The van der Waals surface area contributed by atoms with E-state index in [1.807, 2.05) is 18.2 Å². The van der Waals surface area contributed by atoms with Crippen LogP contribution in [-0.2, 0) is 4.74 Å². The van der Waals surface area contributed by atoms with Gasteiger partial charge in [-0.1, -0.05) is 18.2 Å². The minimum Gasteiger partial charge on any atom is -0.450 e. The first-order valence-electron chi connectivity index (χ1n) is 3.81. The molecule has 0 aliphatic heterocycles. The van der Waals surface area contributed by atoms with Gasteiger partial charge in [0, 0.05) is 5.69 Å². The molecule has 1 amide bonds. The number of para-hydroxylation sites is 1. The second-order valence-electron chi connectivity index (χ2n) is 2.21. The lowest BCUT2D eigenvalue weighted by Gasteiger charge is -2.03. The van der Waals surface area contributed by atoms with Gasteiger partial charge < -0.3 is 4.74 Å². The Morgan fingerprint density at radius 1 is 1.29 bits per heavy atom. The van der Waals surface area contributed by atoms with Crippen LogP contribution in [0.2, 0.25) is 0 Å².